The number of halogens is 3. The summed E-state index contributed by atoms with van der Waals surface area (Å²) in [4.78, 5) is 2.57. The van der Waals surface area contributed by atoms with Gasteiger partial charge in [-0.15, -0.1) is 24.8 Å². The largest absolute Gasteiger partial charge is 0.496 e. The van der Waals surface area contributed by atoms with Gasteiger partial charge in [-0.2, -0.15) is 0 Å². The minimum absolute atomic E-state index is 0. The van der Waals surface area contributed by atoms with Crippen molar-refractivity contribution in [3.05, 3.63) is 22.2 Å². The van der Waals surface area contributed by atoms with Crippen molar-refractivity contribution in [1.82, 2.24) is 10.2 Å². The molecule has 0 bridgehead atoms. The molecule has 2 atom stereocenters. The third-order valence-electron chi connectivity index (χ3n) is 4.55. The number of nitrogens with zero attached hydrogens (tertiary/aromatic N) is 1. The highest BCUT2D eigenvalue weighted by Gasteiger charge is 2.29. The second-order valence-corrected chi connectivity index (χ2v) is 6.70. The molecule has 0 aromatic heterocycles. The number of ether oxygens (including phenoxy) is 2. The summed E-state index contributed by atoms with van der Waals surface area (Å²) in [5, 5.41) is 3.43. The van der Waals surface area contributed by atoms with Crippen molar-refractivity contribution in [3.8, 4) is 11.5 Å². The van der Waals surface area contributed by atoms with Crippen LogP contribution < -0.4 is 14.8 Å². The first-order chi connectivity index (χ1) is 10.6. The summed E-state index contributed by atoms with van der Waals surface area (Å²) in [6.07, 6.45) is 1.14. The number of methoxy groups -OCH3 is 2. The number of hydrogen-bond donors (Lipinski definition) is 1. The summed E-state index contributed by atoms with van der Waals surface area (Å²) in [6.45, 7) is 8.79. The molecular weight excluding hydrogens is 415 g/mol. The van der Waals surface area contributed by atoms with Crippen LogP contribution in [0.25, 0.3) is 0 Å². The van der Waals surface area contributed by atoms with Gasteiger partial charge in [0.15, 0.2) is 0 Å². The fourth-order valence-electron chi connectivity index (χ4n) is 3.16. The van der Waals surface area contributed by atoms with E-state index in [1.165, 1.54) is 5.56 Å². The standard InChI is InChI=1S/C17H27BrN2O2.2ClH/c1-5-12(2)17(20-8-6-19-7-9-20)13-10-16(22-4)14(18)11-15(13)21-3;;/h10-12,17,19H,5-9H2,1-4H3;2*1H/t12?,17-;;/m0../s1. The molecule has 1 aliphatic heterocycles. The summed E-state index contributed by atoms with van der Waals surface area (Å²) in [5.41, 5.74) is 1.22. The Morgan fingerprint density at radius 1 is 1.12 bits per heavy atom. The Morgan fingerprint density at radius 2 is 1.71 bits per heavy atom. The second kappa shape index (κ2) is 11.4. The van der Waals surface area contributed by atoms with Crippen LogP contribution >= 0.6 is 40.7 Å². The van der Waals surface area contributed by atoms with Gasteiger partial charge in [0, 0.05) is 37.8 Å². The van der Waals surface area contributed by atoms with E-state index in [1.807, 2.05) is 6.07 Å². The molecule has 4 nitrogen and oxygen atoms in total. The van der Waals surface area contributed by atoms with Gasteiger partial charge in [-0.25, -0.2) is 0 Å². The number of rotatable bonds is 6. The van der Waals surface area contributed by atoms with Gasteiger partial charge in [0.1, 0.15) is 11.5 Å². The maximum absolute atomic E-state index is 5.66. The highest BCUT2D eigenvalue weighted by Crippen LogP contribution is 2.41. The summed E-state index contributed by atoms with van der Waals surface area (Å²) < 4.78 is 12.1. The second-order valence-electron chi connectivity index (χ2n) is 5.85. The molecule has 0 radical (unpaired) electrons. The average Bonchev–Trinajstić information content (AvgIpc) is 2.56. The molecule has 24 heavy (non-hydrogen) atoms. The molecule has 7 heteroatoms. The molecule has 2 rings (SSSR count). The van der Waals surface area contributed by atoms with E-state index < -0.39 is 0 Å². The lowest BCUT2D eigenvalue weighted by Gasteiger charge is -2.39. The Bertz CT molecular complexity index is 500. The minimum atomic E-state index is 0. The first-order valence-electron chi connectivity index (χ1n) is 7.98. The molecule has 140 valence electrons. The van der Waals surface area contributed by atoms with Crippen LogP contribution in [0.15, 0.2) is 16.6 Å². The van der Waals surface area contributed by atoms with Gasteiger partial charge in [-0.1, -0.05) is 20.3 Å². The molecule has 1 unspecified atom stereocenters. The number of benzene rings is 1. The first-order valence-corrected chi connectivity index (χ1v) is 8.77. The Labute approximate surface area is 166 Å². The monoisotopic (exact) mass is 442 g/mol. The molecule has 1 N–H and O–H groups in total. The van der Waals surface area contributed by atoms with Crippen molar-refractivity contribution < 1.29 is 9.47 Å². The summed E-state index contributed by atoms with van der Waals surface area (Å²) in [7, 11) is 3.45. The maximum Gasteiger partial charge on any atom is 0.133 e. The van der Waals surface area contributed by atoms with Crippen LogP contribution in [0.1, 0.15) is 31.9 Å². The van der Waals surface area contributed by atoms with E-state index in [-0.39, 0.29) is 24.8 Å². The van der Waals surface area contributed by atoms with E-state index in [9.17, 15) is 0 Å². The van der Waals surface area contributed by atoms with Crippen molar-refractivity contribution in [2.24, 2.45) is 5.92 Å². The van der Waals surface area contributed by atoms with Crippen LogP contribution in [-0.2, 0) is 0 Å². The predicted octanol–water partition coefficient (Wildman–Crippen LogP) is 4.30. The molecule has 1 aromatic carbocycles. The molecule has 1 saturated heterocycles. The van der Waals surface area contributed by atoms with Crippen LogP contribution in [0.5, 0.6) is 11.5 Å². The van der Waals surface area contributed by atoms with E-state index in [0.717, 1.165) is 48.6 Å². The maximum atomic E-state index is 5.66. The zero-order chi connectivity index (χ0) is 16.1. The van der Waals surface area contributed by atoms with Crippen molar-refractivity contribution in [2.75, 3.05) is 40.4 Å². The van der Waals surface area contributed by atoms with Crippen LogP contribution in [-0.4, -0.2) is 45.3 Å². The molecular formula is C17H29BrCl2N2O2. The van der Waals surface area contributed by atoms with E-state index >= 15 is 0 Å². The fraction of sp³-hybridized carbons (Fsp3) is 0.647. The van der Waals surface area contributed by atoms with E-state index in [2.05, 4.69) is 46.1 Å². The lowest BCUT2D eigenvalue weighted by Crippen LogP contribution is -2.46. The van der Waals surface area contributed by atoms with E-state index in [0.29, 0.717) is 12.0 Å². The Kier molecular flexibility index (Phi) is 11.3. The summed E-state index contributed by atoms with van der Waals surface area (Å²) >= 11 is 3.55. The van der Waals surface area contributed by atoms with Crippen LogP contribution in [0.4, 0.5) is 0 Å². The highest BCUT2D eigenvalue weighted by atomic mass is 79.9. The van der Waals surface area contributed by atoms with Gasteiger partial charge >= 0.3 is 0 Å². The smallest absolute Gasteiger partial charge is 0.133 e. The number of nitrogens with one attached hydrogen (secondary N) is 1. The third kappa shape index (κ3) is 5.40. The Morgan fingerprint density at radius 3 is 2.21 bits per heavy atom. The van der Waals surface area contributed by atoms with Gasteiger partial charge in [0.25, 0.3) is 0 Å². The van der Waals surface area contributed by atoms with Gasteiger partial charge in [-0.05, 0) is 34.0 Å². The van der Waals surface area contributed by atoms with Gasteiger partial charge in [0.05, 0.1) is 18.7 Å². The van der Waals surface area contributed by atoms with Crippen LogP contribution in [0.2, 0.25) is 0 Å². The highest BCUT2D eigenvalue weighted by molar-refractivity contribution is 9.10. The molecule has 0 spiro atoms. The molecule has 0 aliphatic carbocycles. The first kappa shape index (κ1) is 23.8. The molecule has 1 aliphatic rings. The number of piperazine rings is 1. The lowest BCUT2D eigenvalue weighted by atomic mass is 9.89. The Hall–Kier alpha value is -0.200. The van der Waals surface area contributed by atoms with E-state index in [1.54, 1.807) is 14.2 Å². The lowest BCUT2D eigenvalue weighted by molar-refractivity contribution is 0.126. The molecule has 1 heterocycles. The Balaban J connectivity index is 0.00000264. The fourth-order valence-corrected chi connectivity index (χ4v) is 3.65. The topological polar surface area (TPSA) is 33.7 Å². The average molecular weight is 444 g/mol. The van der Waals surface area contributed by atoms with Crippen LogP contribution in [0, 0.1) is 5.92 Å². The molecule has 1 fully saturated rings. The van der Waals surface area contributed by atoms with Gasteiger partial charge in [0.2, 0.25) is 0 Å². The van der Waals surface area contributed by atoms with Crippen LogP contribution in [0.3, 0.4) is 0 Å². The summed E-state index contributed by atoms with van der Waals surface area (Å²) in [5.74, 6) is 2.34. The SMILES string of the molecule is CCC(C)[C@@H](c1cc(OC)c(Br)cc1OC)N1CCNCC1.Cl.Cl. The zero-order valence-corrected chi connectivity index (χ0v) is 18.0. The predicted molar refractivity (Wildman–Crippen MR) is 108 cm³/mol. The zero-order valence-electron chi connectivity index (χ0n) is 14.8. The van der Waals surface area contributed by atoms with Crippen molar-refractivity contribution in [2.45, 2.75) is 26.3 Å². The quantitative estimate of drug-likeness (QED) is 0.710. The molecule has 1 aromatic rings. The van der Waals surface area contributed by atoms with Crippen molar-refractivity contribution in [3.63, 3.8) is 0 Å². The van der Waals surface area contributed by atoms with Crippen molar-refractivity contribution in [1.29, 1.82) is 0 Å². The van der Waals surface area contributed by atoms with Crippen molar-refractivity contribution >= 4 is 40.7 Å². The summed E-state index contributed by atoms with van der Waals surface area (Å²) in [6, 6.07) is 4.50. The third-order valence-corrected chi connectivity index (χ3v) is 5.17. The molecule has 0 saturated carbocycles. The van der Waals surface area contributed by atoms with Gasteiger partial charge in [-0.3, -0.25) is 4.90 Å². The number of hydrogen-bond acceptors (Lipinski definition) is 4. The minimum Gasteiger partial charge on any atom is -0.496 e. The molecule has 0 amide bonds. The van der Waals surface area contributed by atoms with Gasteiger partial charge < -0.3 is 14.8 Å². The normalized spacial score (nSPS) is 17.2. The van der Waals surface area contributed by atoms with E-state index in [4.69, 9.17) is 9.47 Å².